The van der Waals surface area contributed by atoms with E-state index in [9.17, 15) is 18.0 Å². The van der Waals surface area contributed by atoms with Gasteiger partial charge >= 0.3 is 12.1 Å². The fraction of sp³-hybridized carbons (Fsp3) is 0.393. The molecule has 3 unspecified atom stereocenters. The van der Waals surface area contributed by atoms with Crippen molar-refractivity contribution in [2.45, 2.75) is 43.5 Å². The minimum atomic E-state index is -4.40. The number of aryl methyl sites for hydroxylation is 1. The van der Waals surface area contributed by atoms with Crippen LogP contribution in [0.25, 0.3) is 0 Å². The summed E-state index contributed by atoms with van der Waals surface area (Å²) in [4.78, 5) is 14.7. The molecule has 1 aliphatic carbocycles. The van der Waals surface area contributed by atoms with Crippen molar-refractivity contribution in [1.29, 1.82) is 0 Å². The number of fused-ring (bicyclic) bond motifs is 1. The Balaban J connectivity index is 1.31. The number of thioether (sulfide) groups is 1. The summed E-state index contributed by atoms with van der Waals surface area (Å²) in [5.74, 6) is -0.255. The minimum absolute atomic E-state index is 0.238. The third-order valence-electron chi connectivity index (χ3n) is 7.18. The maximum atomic E-state index is 13.1. The van der Waals surface area contributed by atoms with E-state index in [2.05, 4.69) is 11.5 Å². The lowest BCUT2D eigenvalue weighted by Gasteiger charge is -2.55. The number of carbonyl (C=O) groups excluding carboxylic acids is 1. The first-order valence-corrected chi connectivity index (χ1v) is 13.6. The standard InChI is InChI=1S/C28H30F3N3O4S/c1-4-36-24(35)17-39-22-12-13-23(19(2)16-22)37-18-26(14-6-5-7-15-26)28-32-34(25(38-28)33(28)3)21-10-8-20(9-11-21)27(29,30)31/h5-14,16,25,32H,4,15,17-18H2,1-3H3. The maximum absolute atomic E-state index is 13.1. The van der Waals surface area contributed by atoms with Crippen molar-refractivity contribution in [3.8, 4) is 5.75 Å². The summed E-state index contributed by atoms with van der Waals surface area (Å²) >= 11 is 1.41. The molecule has 39 heavy (non-hydrogen) atoms. The van der Waals surface area contributed by atoms with Gasteiger partial charge < -0.3 is 14.2 Å². The Hall–Kier alpha value is -2.99. The molecule has 2 aromatic rings. The van der Waals surface area contributed by atoms with Crippen LogP contribution in [0.1, 0.15) is 24.5 Å². The fourth-order valence-electron chi connectivity index (χ4n) is 5.10. The van der Waals surface area contributed by atoms with Crippen molar-refractivity contribution < 1.29 is 32.2 Å². The second kappa shape index (κ2) is 10.5. The first-order valence-electron chi connectivity index (χ1n) is 12.6. The predicted octanol–water partition coefficient (Wildman–Crippen LogP) is 5.47. The molecule has 4 aliphatic rings. The molecular weight excluding hydrogens is 531 g/mol. The number of rotatable bonds is 9. The van der Waals surface area contributed by atoms with Gasteiger partial charge in [-0.25, -0.2) is 4.90 Å². The maximum Gasteiger partial charge on any atom is 0.416 e. The third-order valence-corrected chi connectivity index (χ3v) is 8.15. The van der Waals surface area contributed by atoms with Gasteiger partial charge in [0, 0.05) is 4.90 Å². The average molecular weight is 562 g/mol. The molecule has 0 amide bonds. The number of carbonyl (C=O) groups is 1. The van der Waals surface area contributed by atoms with Gasteiger partial charge in [-0.05, 0) is 75.3 Å². The lowest BCUT2D eigenvalue weighted by atomic mass is 9.75. The molecule has 3 heterocycles. The lowest BCUT2D eigenvalue weighted by Crippen LogP contribution is -2.73. The van der Waals surface area contributed by atoms with Crippen LogP contribution in [0.15, 0.2) is 71.7 Å². The molecule has 1 N–H and O–H groups in total. The highest BCUT2D eigenvalue weighted by molar-refractivity contribution is 8.00. The minimum Gasteiger partial charge on any atom is -0.492 e. The Morgan fingerprint density at radius 2 is 1.97 bits per heavy atom. The van der Waals surface area contributed by atoms with E-state index in [4.69, 9.17) is 14.2 Å². The molecule has 0 aromatic heterocycles. The molecule has 3 fully saturated rings. The molecule has 0 radical (unpaired) electrons. The number of hydrogen-bond acceptors (Lipinski definition) is 8. The highest BCUT2D eigenvalue weighted by Gasteiger charge is 2.71. The Labute approximate surface area is 229 Å². The zero-order valence-corrected chi connectivity index (χ0v) is 22.6. The zero-order chi connectivity index (χ0) is 27.8. The molecule has 6 rings (SSSR count). The summed E-state index contributed by atoms with van der Waals surface area (Å²) in [5.41, 5.74) is 3.58. The lowest BCUT2D eigenvalue weighted by molar-refractivity contribution is -0.348. The number of nitrogens with one attached hydrogen (secondary N) is 1. The summed E-state index contributed by atoms with van der Waals surface area (Å²) in [6, 6.07) is 10.8. The highest BCUT2D eigenvalue weighted by Crippen LogP contribution is 2.54. The van der Waals surface area contributed by atoms with Gasteiger partial charge in [-0.3, -0.25) is 9.80 Å². The van der Waals surface area contributed by atoms with Crippen molar-refractivity contribution >= 4 is 23.4 Å². The van der Waals surface area contributed by atoms with Crippen molar-refractivity contribution in [3.63, 3.8) is 0 Å². The van der Waals surface area contributed by atoms with Crippen molar-refractivity contribution in [2.24, 2.45) is 5.41 Å². The van der Waals surface area contributed by atoms with E-state index in [1.807, 2.05) is 55.3 Å². The van der Waals surface area contributed by atoms with Crippen LogP contribution in [-0.2, 0) is 20.4 Å². The van der Waals surface area contributed by atoms with Crippen LogP contribution in [0.2, 0.25) is 0 Å². The largest absolute Gasteiger partial charge is 0.492 e. The Morgan fingerprint density at radius 3 is 2.59 bits per heavy atom. The van der Waals surface area contributed by atoms with Gasteiger partial charge in [0.1, 0.15) is 12.4 Å². The number of ether oxygens (including phenoxy) is 3. The summed E-state index contributed by atoms with van der Waals surface area (Å²) in [5, 5.41) is 1.74. The van der Waals surface area contributed by atoms with E-state index in [1.54, 1.807) is 11.9 Å². The smallest absolute Gasteiger partial charge is 0.416 e. The fourth-order valence-corrected chi connectivity index (χ4v) is 5.89. The number of halogens is 3. The SMILES string of the molecule is CCOC(=O)CSc1ccc(OCC2(C34NN(c5ccc(C(F)(F)F)cc5)C(O3)N4C)C=CC=CC2)c(C)c1. The van der Waals surface area contributed by atoms with Gasteiger partial charge in [-0.1, -0.05) is 24.3 Å². The van der Waals surface area contributed by atoms with Crippen LogP contribution < -0.4 is 15.2 Å². The summed E-state index contributed by atoms with van der Waals surface area (Å²) in [7, 11) is 1.92. The molecule has 3 atom stereocenters. The number of hydrazine groups is 1. The van der Waals surface area contributed by atoms with E-state index < -0.39 is 29.4 Å². The van der Waals surface area contributed by atoms with Gasteiger partial charge in [-0.15, -0.1) is 11.8 Å². The van der Waals surface area contributed by atoms with Crippen LogP contribution in [0.4, 0.5) is 18.9 Å². The first kappa shape index (κ1) is 27.6. The normalized spacial score (nSPS) is 26.0. The second-order valence-corrected chi connectivity index (χ2v) is 10.7. The van der Waals surface area contributed by atoms with E-state index in [1.165, 1.54) is 23.9 Å². The molecule has 3 aliphatic heterocycles. The summed E-state index contributed by atoms with van der Waals surface area (Å²) in [6.07, 6.45) is 3.78. The molecule has 7 nitrogen and oxygen atoms in total. The second-order valence-electron chi connectivity index (χ2n) is 9.68. The Bertz CT molecular complexity index is 1290. The number of anilines is 1. The van der Waals surface area contributed by atoms with Gasteiger partial charge in [0.2, 0.25) is 12.2 Å². The number of esters is 1. The summed E-state index contributed by atoms with van der Waals surface area (Å²) < 4.78 is 56.9. The highest BCUT2D eigenvalue weighted by atomic mass is 32.2. The molecule has 0 saturated carbocycles. The number of nitrogens with zero attached hydrogens (tertiary/aromatic N) is 2. The van der Waals surface area contributed by atoms with Crippen molar-refractivity contribution in [3.05, 3.63) is 77.9 Å². The Morgan fingerprint density at radius 1 is 1.21 bits per heavy atom. The molecule has 208 valence electrons. The van der Waals surface area contributed by atoms with Gasteiger partial charge in [0.15, 0.2) is 0 Å². The van der Waals surface area contributed by atoms with Gasteiger partial charge in [0.05, 0.1) is 29.0 Å². The predicted molar refractivity (Wildman–Crippen MR) is 142 cm³/mol. The monoisotopic (exact) mass is 561 g/mol. The van der Waals surface area contributed by atoms with Crippen LogP contribution in [0.5, 0.6) is 5.75 Å². The number of benzene rings is 2. The van der Waals surface area contributed by atoms with Gasteiger partial charge in [-0.2, -0.15) is 18.6 Å². The molecule has 3 saturated heterocycles. The molecular formula is C28H30F3N3O4S. The van der Waals surface area contributed by atoms with E-state index in [0.29, 0.717) is 24.5 Å². The van der Waals surface area contributed by atoms with Crippen molar-refractivity contribution in [2.75, 3.05) is 31.0 Å². The van der Waals surface area contributed by atoms with Crippen molar-refractivity contribution in [1.82, 2.24) is 10.3 Å². The van der Waals surface area contributed by atoms with E-state index in [-0.39, 0.29) is 18.3 Å². The van der Waals surface area contributed by atoms with Gasteiger partial charge in [0.25, 0.3) is 0 Å². The van der Waals surface area contributed by atoms with E-state index >= 15 is 0 Å². The van der Waals surface area contributed by atoms with Crippen LogP contribution >= 0.6 is 11.8 Å². The first-order chi connectivity index (χ1) is 18.6. The van der Waals surface area contributed by atoms with Crippen LogP contribution in [0.3, 0.4) is 0 Å². The average Bonchev–Trinajstić information content (AvgIpc) is 3.47. The molecule has 2 aromatic carbocycles. The quantitative estimate of drug-likeness (QED) is 0.319. The molecule has 0 spiro atoms. The number of alkyl halides is 3. The topological polar surface area (TPSA) is 63.3 Å². The molecule has 2 bridgehead atoms. The zero-order valence-electron chi connectivity index (χ0n) is 21.8. The molecule has 11 heteroatoms. The number of hydrogen-bond donors (Lipinski definition) is 1. The van der Waals surface area contributed by atoms with E-state index in [0.717, 1.165) is 22.6 Å². The van der Waals surface area contributed by atoms with Crippen LogP contribution in [0, 0.1) is 12.3 Å². The Kier molecular flexibility index (Phi) is 7.45. The third kappa shape index (κ3) is 5.04. The number of allylic oxidation sites excluding steroid dienone is 3. The summed E-state index contributed by atoms with van der Waals surface area (Å²) in [6.45, 7) is 4.37. The van der Waals surface area contributed by atoms with Crippen LogP contribution in [-0.4, -0.2) is 49.1 Å².